The lowest BCUT2D eigenvalue weighted by atomic mass is 10.1. The number of nitrogens with zero attached hydrogens (tertiary/aromatic N) is 1. The smallest absolute Gasteiger partial charge is 0.166 e. The summed E-state index contributed by atoms with van der Waals surface area (Å²) >= 11 is 0. The fraction of sp³-hybridized carbons (Fsp3) is 0.176. The first kappa shape index (κ1) is 14.6. The highest BCUT2D eigenvalue weighted by atomic mass is 16.5. The van der Waals surface area contributed by atoms with Crippen LogP contribution in [0.25, 0.3) is 0 Å². The molecule has 0 aliphatic heterocycles. The Labute approximate surface area is 123 Å². The Morgan fingerprint density at radius 2 is 1.90 bits per heavy atom. The van der Waals surface area contributed by atoms with Crippen LogP contribution in [0, 0.1) is 11.3 Å². The molecule has 0 amide bonds. The first-order chi connectivity index (χ1) is 10.2. The van der Waals surface area contributed by atoms with Crippen LogP contribution in [0.3, 0.4) is 0 Å². The van der Waals surface area contributed by atoms with Gasteiger partial charge in [-0.25, -0.2) is 0 Å². The molecule has 4 heteroatoms. The summed E-state index contributed by atoms with van der Waals surface area (Å²) in [6, 6.07) is 16.1. The molecule has 0 aliphatic rings. The summed E-state index contributed by atoms with van der Waals surface area (Å²) in [4.78, 5) is 11.9. The van der Waals surface area contributed by atoms with Gasteiger partial charge in [0.2, 0.25) is 0 Å². The third-order valence-corrected chi connectivity index (χ3v) is 2.98. The van der Waals surface area contributed by atoms with Gasteiger partial charge in [-0.05, 0) is 12.1 Å². The summed E-state index contributed by atoms with van der Waals surface area (Å²) in [6.07, 6.45) is 0.285. The second kappa shape index (κ2) is 7.11. The van der Waals surface area contributed by atoms with Crippen LogP contribution in [0.15, 0.2) is 48.5 Å². The highest BCUT2D eigenvalue weighted by Crippen LogP contribution is 2.27. The Balaban J connectivity index is 1.95. The lowest BCUT2D eigenvalue weighted by Gasteiger charge is -2.10. The molecule has 2 aromatic rings. The SMILES string of the molecule is COc1cc(C#N)ccc1OCCC(=O)c1ccccc1. The van der Waals surface area contributed by atoms with Crippen molar-refractivity contribution in [2.24, 2.45) is 0 Å². The van der Waals surface area contributed by atoms with Crippen molar-refractivity contribution in [3.05, 3.63) is 59.7 Å². The van der Waals surface area contributed by atoms with E-state index in [0.717, 1.165) is 0 Å². The Morgan fingerprint density at radius 3 is 2.57 bits per heavy atom. The molecule has 0 aromatic heterocycles. The van der Waals surface area contributed by atoms with Crippen molar-refractivity contribution in [3.8, 4) is 17.6 Å². The number of hydrogen-bond acceptors (Lipinski definition) is 4. The second-order valence-electron chi connectivity index (χ2n) is 4.37. The third kappa shape index (κ3) is 3.83. The molecule has 4 nitrogen and oxygen atoms in total. The fourth-order valence-electron chi connectivity index (χ4n) is 1.88. The summed E-state index contributed by atoms with van der Waals surface area (Å²) in [5, 5.41) is 8.83. The van der Waals surface area contributed by atoms with E-state index in [2.05, 4.69) is 0 Å². The molecular weight excluding hydrogens is 266 g/mol. The number of methoxy groups -OCH3 is 1. The minimum absolute atomic E-state index is 0.0308. The Hall–Kier alpha value is -2.80. The monoisotopic (exact) mass is 281 g/mol. The summed E-state index contributed by atoms with van der Waals surface area (Å²) in [5.41, 5.74) is 1.17. The van der Waals surface area contributed by atoms with Gasteiger partial charge < -0.3 is 9.47 Å². The van der Waals surface area contributed by atoms with Gasteiger partial charge in [-0.1, -0.05) is 30.3 Å². The molecule has 0 saturated heterocycles. The number of ether oxygens (including phenoxy) is 2. The molecule has 0 unspecified atom stereocenters. The number of hydrogen-bond donors (Lipinski definition) is 0. The fourth-order valence-corrected chi connectivity index (χ4v) is 1.88. The molecular formula is C17H15NO3. The van der Waals surface area contributed by atoms with Gasteiger partial charge in [0, 0.05) is 18.1 Å². The van der Waals surface area contributed by atoms with Crippen LogP contribution in [0.5, 0.6) is 11.5 Å². The van der Waals surface area contributed by atoms with Gasteiger partial charge in [-0.3, -0.25) is 4.79 Å². The number of benzene rings is 2. The quantitative estimate of drug-likeness (QED) is 0.763. The molecule has 0 fully saturated rings. The van der Waals surface area contributed by atoms with E-state index in [9.17, 15) is 4.79 Å². The molecule has 0 N–H and O–H groups in total. The first-order valence-corrected chi connectivity index (χ1v) is 6.54. The Kier molecular flexibility index (Phi) is 4.94. The van der Waals surface area contributed by atoms with Crippen LogP contribution in [0.1, 0.15) is 22.3 Å². The van der Waals surface area contributed by atoms with Crippen molar-refractivity contribution in [1.82, 2.24) is 0 Å². The molecule has 2 aromatic carbocycles. The average Bonchev–Trinajstić information content (AvgIpc) is 2.55. The van der Waals surface area contributed by atoms with Crippen molar-refractivity contribution < 1.29 is 14.3 Å². The van der Waals surface area contributed by atoms with Crippen molar-refractivity contribution in [3.63, 3.8) is 0 Å². The van der Waals surface area contributed by atoms with Gasteiger partial charge in [-0.2, -0.15) is 5.26 Å². The number of carbonyl (C=O) groups is 1. The van der Waals surface area contributed by atoms with E-state index in [1.54, 1.807) is 30.3 Å². The number of nitriles is 1. The second-order valence-corrected chi connectivity index (χ2v) is 4.37. The maximum absolute atomic E-state index is 11.9. The standard InChI is InChI=1S/C17H15NO3/c1-20-17-11-13(12-18)7-8-16(17)21-10-9-15(19)14-5-3-2-4-6-14/h2-8,11H,9-10H2,1H3. The van der Waals surface area contributed by atoms with Crippen LogP contribution < -0.4 is 9.47 Å². The Bertz CT molecular complexity index is 659. The van der Waals surface area contributed by atoms with Gasteiger partial charge in [-0.15, -0.1) is 0 Å². The molecule has 0 radical (unpaired) electrons. The number of carbonyl (C=O) groups excluding carboxylic acids is 1. The average molecular weight is 281 g/mol. The molecule has 0 spiro atoms. The predicted octanol–water partition coefficient (Wildman–Crippen LogP) is 3.22. The van der Waals surface area contributed by atoms with Gasteiger partial charge in [0.05, 0.1) is 25.3 Å². The van der Waals surface area contributed by atoms with Crippen LogP contribution >= 0.6 is 0 Å². The van der Waals surface area contributed by atoms with E-state index >= 15 is 0 Å². The summed E-state index contributed by atoms with van der Waals surface area (Å²) in [7, 11) is 1.51. The van der Waals surface area contributed by atoms with Crippen molar-refractivity contribution in [2.45, 2.75) is 6.42 Å². The van der Waals surface area contributed by atoms with Gasteiger partial charge in [0.1, 0.15) is 0 Å². The molecule has 21 heavy (non-hydrogen) atoms. The van der Waals surface area contributed by atoms with Crippen molar-refractivity contribution in [2.75, 3.05) is 13.7 Å². The van der Waals surface area contributed by atoms with Gasteiger partial charge in [0.25, 0.3) is 0 Å². The maximum Gasteiger partial charge on any atom is 0.166 e. The van der Waals surface area contributed by atoms with Gasteiger partial charge >= 0.3 is 0 Å². The van der Waals surface area contributed by atoms with Crippen molar-refractivity contribution in [1.29, 1.82) is 5.26 Å². The topological polar surface area (TPSA) is 59.3 Å². The van der Waals surface area contributed by atoms with Crippen LogP contribution in [-0.2, 0) is 0 Å². The lowest BCUT2D eigenvalue weighted by molar-refractivity contribution is 0.0961. The first-order valence-electron chi connectivity index (χ1n) is 6.54. The van der Waals surface area contributed by atoms with Gasteiger partial charge in [0.15, 0.2) is 17.3 Å². The lowest BCUT2D eigenvalue weighted by Crippen LogP contribution is -2.07. The van der Waals surface area contributed by atoms with E-state index < -0.39 is 0 Å². The van der Waals surface area contributed by atoms with Crippen LogP contribution in [-0.4, -0.2) is 19.5 Å². The molecule has 0 aliphatic carbocycles. The highest BCUT2D eigenvalue weighted by molar-refractivity contribution is 5.96. The number of ketones is 1. The van der Waals surface area contributed by atoms with Crippen LogP contribution in [0.2, 0.25) is 0 Å². The minimum Gasteiger partial charge on any atom is -0.493 e. The van der Waals surface area contributed by atoms with E-state index in [0.29, 0.717) is 22.6 Å². The predicted molar refractivity (Wildman–Crippen MR) is 78.6 cm³/mol. The zero-order valence-corrected chi connectivity index (χ0v) is 11.7. The van der Waals surface area contributed by atoms with Crippen LogP contribution in [0.4, 0.5) is 0 Å². The molecule has 2 rings (SSSR count). The summed E-state index contributed by atoms with van der Waals surface area (Å²) in [6.45, 7) is 0.260. The normalized spacial score (nSPS) is 9.71. The van der Waals surface area contributed by atoms with Crippen molar-refractivity contribution >= 4 is 5.78 Å². The maximum atomic E-state index is 11.9. The minimum atomic E-state index is 0.0308. The third-order valence-electron chi connectivity index (χ3n) is 2.98. The zero-order valence-electron chi connectivity index (χ0n) is 11.7. The number of Topliss-reactive ketones (excluding diaryl/α,β-unsaturated/α-hetero) is 1. The van der Waals surface area contributed by atoms with E-state index in [-0.39, 0.29) is 18.8 Å². The highest BCUT2D eigenvalue weighted by Gasteiger charge is 2.08. The molecule has 0 saturated carbocycles. The zero-order chi connectivity index (χ0) is 15.1. The molecule has 0 bridgehead atoms. The summed E-state index contributed by atoms with van der Waals surface area (Å²) in [5.74, 6) is 1.04. The summed E-state index contributed by atoms with van der Waals surface area (Å²) < 4.78 is 10.7. The number of rotatable bonds is 6. The van der Waals surface area contributed by atoms with E-state index in [4.69, 9.17) is 14.7 Å². The Morgan fingerprint density at radius 1 is 1.14 bits per heavy atom. The van der Waals surface area contributed by atoms with E-state index in [1.165, 1.54) is 7.11 Å². The van der Waals surface area contributed by atoms with E-state index in [1.807, 2.05) is 24.3 Å². The molecule has 0 atom stereocenters. The molecule has 0 heterocycles. The molecule has 106 valence electrons. The largest absolute Gasteiger partial charge is 0.493 e.